The number of ether oxygens (including phenoxy) is 4. The molecule has 1 unspecified atom stereocenters. The minimum absolute atomic E-state index is 0.101. The summed E-state index contributed by atoms with van der Waals surface area (Å²) >= 11 is 1.48. The summed E-state index contributed by atoms with van der Waals surface area (Å²) in [5.41, 5.74) is 9.14. The first-order chi connectivity index (χ1) is 19.7. The van der Waals surface area contributed by atoms with Gasteiger partial charge in [-0.1, -0.05) is 18.2 Å². The Bertz CT molecular complexity index is 1590. The van der Waals surface area contributed by atoms with Crippen LogP contribution in [0.25, 0.3) is 0 Å². The molecule has 3 aliphatic heterocycles. The van der Waals surface area contributed by atoms with Gasteiger partial charge in [-0.05, 0) is 53.8 Å². The van der Waals surface area contributed by atoms with Crippen LogP contribution >= 0.6 is 11.3 Å². The van der Waals surface area contributed by atoms with E-state index in [9.17, 15) is 4.39 Å². The molecule has 0 saturated carbocycles. The molecule has 1 N–H and O–H groups in total. The molecule has 7 rings (SSSR count). The molecule has 204 valence electrons. The Hall–Kier alpha value is -4.15. The lowest BCUT2D eigenvalue weighted by atomic mass is 9.82. The van der Waals surface area contributed by atoms with E-state index in [1.807, 2.05) is 23.7 Å². The minimum Gasteiger partial charge on any atom is -0.493 e. The van der Waals surface area contributed by atoms with Crippen molar-refractivity contribution in [3.05, 3.63) is 93.2 Å². The molecule has 8 nitrogen and oxygen atoms in total. The van der Waals surface area contributed by atoms with Gasteiger partial charge in [-0.2, -0.15) is 5.10 Å². The number of fused-ring (bicyclic) bond motifs is 5. The van der Waals surface area contributed by atoms with Gasteiger partial charge in [0.25, 0.3) is 0 Å². The second-order valence-corrected chi connectivity index (χ2v) is 10.8. The van der Waals surface area contributed by atoms with Crippen molar-refractivity contribution in [2.24, 2.45) is 5.10 Å². The van der Waals surface area contributed by atoms with Crippen molar-refractivity contribution < 1.29 is 23.3 Å². The monoisotopic (exact) mass is 558 g/mol. The summed E-state index contributed by atoms with van der Waals surface area (Å²) in [7, 11) is 1.62. The van der Waals surface area contributed by atoms with Crippen LogP contribution in [-0.4, -0.2) is 36.5 Å². The smallest absolute Gasteiger partial charge is 0.231 e. The van der Waals surface area contributed by atoms with Crippen LogP contribution in [0.2, 0.25) is 0 Å². The van der Waals surface area contributed by atoms with Crippen molar-refractivity contribution in [2.75, 3.05) is 25.9 Å². The fraction of sp³-hybridized carbons (Fsp3) is 0.267. The number of hydrogen-bond donors (Lipinski definition) is 1. The Balaban J connectivity index is 1.28. The van der Waals surface area contributed by atoms with Gasteiger partial charge in [0, 0.05) is 47.4 Å². The zero-order valence-corrected chi connectivity index (χ0v) is 22.7. The molecule has 4 aromatic rings. The quantitative estimate of drug-likeness (QED) is 0.230. The summed E-state index contributed by atoms with van der Waals surface area (Å²) in [6.07, 6.45) is 5.21. The highest BCUT2D eigenvalue weighted by atomic mass is 32.1. The number of thiazole rings is 1. The van der Waals surface area contributed by atoms with Crippen LogP contribution in [0.15, 0.2) is 59.1 Å². The van der Waals surface area contributed by atoms with E-state index < -0.39 is 0 Å². The van der Waals surface area contributed by atoms with E-state index >= 15 is 0 Å². The molecular weight excluding hydrogens is 531 g/mol. The zero-order valence-electron chi connectivity index (χ0n) is 21.9. The number of benzene rings is 3. The number of rotatable bonds is 7. The van der Waals surface area contributed by atoms with Crippen LogP contribution in [0.3, 0.4) is 0 Å². The maximum Gasteiger partial charge on any atom is 0.231 e. The molecule has 0 aliphatic carbocycles. The predicted molar refractivity (Wildman–Crippen MR) is 150 cm³/mol. The molecule has 0 bridgehead atoms. The topological polar surface area (TPSA) is 77.4 Å². The maximum atomic E-state index is 14.4. The minimum atomic E-state index is -0.293. The first kappa shape index (κ1) is 24.9. The second kappa shape index (κ2) is 10.4. The highest BCUT2D eigenvalue weighted by Gasteiger charge is 2.37. The standard InChI is InChI=1S/C30H27FN4O4S/c1-36-28-11-20(14-33-34-30-32-7-9-40-30)21-12-25-22-13-27-26(38-17-39-27)10-18(22)6-8-35(25)15-23(21)29(28)37-16-19-4-2-3-5-24(19)31/h2-5,7,9-11,13-14,25H,6,8,12,15-17H2,1H3,(H,32,34)/b33-14+. The Kier molecular flexibility index (Phi) is 6.49. The van der Waals surface area contributed by atoms with Crippen LogP contribution < -0.4 is 24.4 Å². The van der Waals surface area contributed by atoms with Gasteiger partial charge in [-0.25, -0.2) is 9.37 Å². The Morgan fingerprint density at radius 2 is 2.08 bits per heavy atom. The van der Waals surface area contributed by atoms with Crippen molar-refractivity contribution in [1.29, 1.82) is 0 Å². The maximum absolute atomic E-state index is 14.4. The first-order valence-corrected chi connectivity index (χ1v) is 14.0. The second-order valence-electron chi connectivity index (χ2n) is 9.89. The van der Waals surface area contributed by atoms with Crippen LogP contribution in [0.1, 0.15) is 39.4 Å². The first-order valence-electron chi connectivity index (χ1n) is 13.1. The molecule has 0 amide bonds. The third kappa shape index (κ3) is 4.52. The average molecular weight is 559 g/mol. The molecule has 3 aromatic carbocycles. The van der Waals surface area contributed by atoms with E-state index in [0.717, 1.165) is 47.6 Å². The van der Waals surface area contributed by atoms with Gasteiger partial charge >= 0.3 is 0 Å². The number of anilines is 1. The van der Waals surface area contributed by atoms with Crippen LogP contribution in [0, 0.1) is 5.82 Å². The highest BCUT2D eigenvalue weighted by Crippen LogP contribution is 2.47. The molecule has 4 heterocycles. The lowest BCUT2D eigenvalue weighted by Gasteiger charge is -2.42. The molecule has 0 radical (unpaired) electrons. The van der Waals surface area contributed by atoms with Gasteiger partial charge in [-0.3, -0.25) is 10.3 Å². The van der Waals surface area contributed by atoms with Crippen LogP contribution in [0.5, 0.6) is 23.0 Å². The zero-order chi connectivity index (χ0) is 27.1. The predicted octanol–water partition coefficient (Wildman–Crippen LogP) is 5.70. The Morgan fingerprint density at radius 3 is 2.90 bits per heavy atom. The van der Waals surface area contributed by atoms with E-state index in [1.165, 1.54) is 28.5 Å². The molecule has 0 saturated heterocycles. The summed E-state index contributed by atoms with van der Waals surface area (Å²) in [5.74, 6) is 2.55. The normalized spacial score (nSPS) is 17.3. The van der Waals surface area contributed by atoms with Gasteiger partial charge in [-0.15, -0.1) is 11.3 Å². The van der Waals surface area contributed by atoms with Crippen LogP contribution in [0.4, 0.5) is 9.52 Å². The fourth-order valence-electron chi connectivity index (χ4n) is 5.76. The third-order valence-electron chi connectivity index (χ3n) is 7.70. The van der Waals surface area contributed by atoms with E-state index in [0.29, 0.717) is 28.7 Å². The van der Waals surface area contributed by atoms with E-state index in [2.05, 4.69) is 32.5 Å². The van der Waals surface area contributed by atoms with Crippen molar-refractivity contribution >= 4 is 22.7 Å². The van der Waals surface area contributed by atoms with Gasteiger partial charge in [0.2, 0.25) is 11.9 Å². The molecular formula is C30H27FN4O4S. The number of aromatic nitrogens is 1. The SMILES string of the molecule is COc1cc(/C=N/Nc2nccs2)c2c(c1OCc1ccccc1F)CN1CCc3cc4c(cc3C1C2)OCO4. The highest BCUT2D eigenvalue weighted by molar-refractivity contribution is 7.13. The fourth-order valence-corrected chi connectivity index (χ4v) is 6.23. The van der Waals surface area contributed by atoms with Gasteiger partial charge in [0.1, 0.15) is 12.4 Å². The molecule has 1 aromatic heterocycles. The van der Waals surface area contributed by atoms with Crippen molar-refractivity contribution in [1.82, 2.24) is 9.88 Å². The molecule has 1 atom stereocenters. The van der Waals surface area contributed by atoms with Crippen LogP contribution in [-0.2, 0) is 26.0 Å². The summed E-state index contributed by atoms with van der Waals surface area (Å²) in [6, 6.07) is 13.0. The number of hydrogen-bond acceptors (Lipinski definition) is 9. The molecule has 0 fully saturated rings. The number of nitrogens with zero attached hydrogens (tertiary/aromatic N) is 3. The number of methoxy groups -OCH3 is 1. The third-order valence-corrected chi connectivity index (χ3v) is 8.38. The van der Waals surface area contributed by atoms with E-state index in [1.54, 1.807) is 25.4 Å². The van der Waals surface area contributed by atoms with Crippen molar-refractivity contribution in [2.45, 2.75) is 32.0 Å². The summed E-state index contributed by atoms with van der Waals surface area (Å²) < 4.78 is 37.9. The summed E-state index contributed by atoms with van der Waals surface area (Å²) in [4.78, 5) is 6.71. The molecule has 3 aliphatic rings. The van der Waals surface area contributed by atoms with E-state index in [-0.39, 0.29) is 25.3 Å². The molecule has 10 heteroatoms. The Morgan fingerprint density at radius 1 is 1.20 bits per heavy atom. The van der Waals surface area contributed by atoms with Gasteiger partial charge in [0.05, 0.1) is 13.3 Å². The van der Waals surface area contributed by atoms with Crippen molar-refractivity contribution in [3.8, 4) is 23.0 Å². The lowest BCUT2D eigenvalue weighted by Crippen LogP contribution is -2.40. The number of nitrogens with one attached hydrogen (secondary N) is 1. The van der Waals surface area contributed by atoms with E-state index in [4.69, 9.17) is 18.9 Å². The summed E-state index contributed by atoms with van der Waals surface area (Å²) in [5, 5.41) is 7.08. The average Bonchev–Trinajstić information content (AvgIpc) is 3.67. The van der Waals surface area contributed by atoms with Gasteiger partial charge in [0.15, 0.2) is 23.0 Å². The molecule has 40 heavy (non-hydrogen) atoms. The van der Waals surface area contributed by atoms with Crippen molar-refractivity contribution in [3.63, 3.8) is 0 Å². The lowest BCUT2D eigenvalue weighted by molar-refractivity contribution is 0.155. The number of hydrazone groups is 1. The Labute approximate surface area is 235 Å². The largest absolute Gasteiger partial charge is 0.493 e. The molecule has 0 spiro atoms. The summed E-state index contributed by atoms with van der Waals surface area (Å²) in [6.45, 7) is 1.92. The number of halogens is 1. The van der Waals surface area contributed by atoms with Gasteiger partial charge < -0.3 is 18.9 Å².